The van der Waals surface area contributed by atoms with Crippen molar-refractivity contribution in [1.29, 1.82) is 0 Å². The fourth-order valence-electron chi connectivity index (χ4n) is 3.82. The van der Waals surface area contributed by atoms with Crippen LogP contribution >= 0.6 is 15.9 Å². The second-order valence-corrected chi connectivity index (χ2v) is 9.62. The van der Waals surface area contributed by atoms with E-state index in [1.165, 1.54) is 4.68 Å². The number of rotatable bonds is 4. The summed E-state index contributed by atoms with van der Waals surface area (Å²) in [7, 11) is 0. The lowest BCUT2D eigenvalue weighted by Gasteiger charge is -2.20. The lowest BCUT2D eigenvalue weighted by atomic mass is 9.95. The molecule has 4 rings (SSSR count). The van der Waals surface area contributed by atoms with Gasteiger partial charge in [-0.05, 0) is 31.2 Å². The number of benzene rings is 2. The Morgan fingerprint density at radius 1 is 1.19 bits per heavy atom. The van der Waals surface area contributed by atoms with Crippen molar-refractivity contribution in [3.8, 4) is 0 Å². The van der Waals surface area contributed by atoms with Gasteiger partial charge in [0.05, 0.1) is 17.1 Å². The average molecular weight is 495 g/mol. The van der Waals surface area contributed by atoms with Crippen molar-refractivity contribution in [2.45, 2.75) is 39.7 Å². The van der Waals surface area contributed by atoms with Gasteiger partial charge in [-0.2, -0.15) is 9.78 Å². The molecule has 2 aromatic heterocycles. The van der Waals surface area contributed by atoms with Crippen molar-refractivity contribution < 1.29 is 9.90 Å². The smallest absolute Gasteiger partial charge is 0.323 e. The molecule has 0 fully saturated rings. The summed E-state index contributed by atoms with van der Waals surface area (Å²) in [6.07, 6.45) is 1.62. The molecule has 1 N–H and O–H groups in total. The maximum atomic E-state index is 13.4. The van der Waals surface area contributed by atoms with E-state index in [0.29, 0.717) is 16.7 Å². The molecule has 0 bridgehead atoms. The number of fused-ring (bicyclic) bond motifs is 2. The van der Waals surface area contributed by atoms with Crippen molar-refractivity contribution in [2.75, 3.05) is 0 Å². The van der Waals surface area contributed by atoms with Crippen LogP contribution in [-0.4, -0.2) is 31.5 Å². The number of aliphatic carboxylic acids is 1. The average Bonchev–Trinajstić information content (AvgIpc) is 2.98. The number of nitrogens with zero attached hydrogens (tertiary/aromatic N) is 4. The zero-order valence-electron chi connectivity index (χ0n) is 18.3. The van der Waals surface area contributed by atoms with Crippen LogP contribution in [0.5, 0.6) is 0 Å². The van der Waals surface area contributed by atoms with E-state index in [1.807, 2.05) is 64.1 Å². The van der Waals surface area contributed by atoms with Crippen LogP contribution < -0.4 is 5.56 Å². The van der Waals surface area contributed by atoms with E-state index in [1.54, 1.807) is 16.8 Å². The molecule has 0 aliphatic carbocycles. The zero-order chi connectivity index (χ0) is 23.2. The third-order valence-electron chi connectivity index (χ3n) is 5.35. The Morgan fingerprint density at radius 3 is 2.59 bits per heavy atom. The summed E-state index contributed by atoms with van der Waals surface area (Å²) in [5.41, 5.74) is 2.26. The third kappa shape index (κ3) is 3.86. The molecule has 0 amide bonds. The summed E-state index contributed by atoms with van der Waals surface area (Å²) in [6.45, 7) is 7.65. The van der Waals surface area contributed by atoms with Crippen LogP contribution in [0.2, 0.25) is 0 Å². The monoisotopic (exact) mass is 494 g/mol. The maximum absolute atomic E-state index is 13.4. The molecule has 0 spiro atoms. The molecular formula is C24H23BrN4O3. The molecule has 0 saturated heterocycles. The van der Waals surface area contributed by atoms with Crippen LogP contribution in [0.25, 0.3) is 21.8 Å². The highest BCUT2D eigenvalue weighted by Gasteiger charge is 2.23. The summed E-state index contributed by atoms with van der Waals surface area (Å²) in [4.78, 5) is 29.5. The van der Waals surface area contributed by atoms with Crippen molar-refractivity contribution in [3.63, 3.8) is 0 Å². The first-order valence-electron chi connectivity index (χ1n) is 10.1. The molecule has 0 atom stereocenters. The molecule has 0 aliphatic heterocycles. The lowest BCUT2D eigenvalue weighted by molar-refractivity contribution is -0.137. The molecule has 2 heterocycles. The van der Waals surface area contributed by atoms with E-state index in [-0.39, 0.29) is 12.1 Å². The first kappa shape index (κ1) is 22.0. The quantitative estimate of drug-likeness (QED) is 0.416. The van der Waals surface area contributed by atoms with Crippen LogP contribution in [0, 0.1) is 6.92 Å². The molecular weight excluding hydrogens is 472 g/mol. The molecule has 4 aromatic rings. The number of carboxylic acids is 1. The van der Waals surface area contributed by atoms with Crippen LogP contribution in [0.15, 0.2) is 56.8 Å². The fourth-order valence-corrected chi connectivity index (χ4v) is 4.18. The number of para-hydroxylation sites is 1. The van der Waals surface area contributed by atoms with Crippen molar-refractivity contribution >= 4 is 49.9 Å². The summed E-state index contributed by atoms with van der Waals surface area (Å²) in [5.74, 6) is -0.381. The van der Waals surface area contributed by atoms with Gasteiger partial charge in [0.25, 0.3) is 5.56 Å². The highest BCUT2D eigenvalue weighted by Crippen LogP contribution is 2.26. The van der Waals surface area contributed by atoms with Gasteiger partial charge in [-0.1, -0.05) is 54.9 Å². The largest absolute Gasteiger partial charge is 0.480 e. The summed E-state index contributed by atoms with van der Waals surface area (Å²) in [5, 5.41) is 15.2. The van der Waals surface area contributed by atoms with Crippen LogP contribution in [0.4, 0.5) is 0 Å². The lowest BCUT2D eigenvalue weighted by Crippen LogP contribution is -2.29. The van der Waals surface area contributed by atoms with Gasteiger partial charge in [0.1, 0.15) is 12.4 Å². The van der Waals surface area contributed by atoms with Crippen molar-refractivity contribution in [2.24, 2.45) is 5.10 Å². The molecule has 0 saturated carbocycles. The Labute approximate surface area is 193 Å². The van der Waals surface area contributed by atoms with E-state index in [0.717, 1.165) is 26.6 Å². The summed E-state index contributed by atoms with van der Waals surface area (Å²) in [6, 6.07) is 13.0. The number of halogens is 1. The minimum Gasteiger partial charge on any atom is -0.480 e. The van der Waals surface area contributed by atoms with Gasteiger partial charge in [0.2, 0.25) is 0 Å². The zero-order valence-corrected chi connectivity index (χ0v) is 19.8. The minimum absolute atomic E-state index is 0.154. The van der Waals surface area contributed by atoms with Gasteiger partial charge in [-0.25, -0.2) is 4.98 Å². The van der Waals surface area contributed by atoms with Crippen LogP contribution in [0.1, 0.15) is 37.9 Å². The number of carboxylic acid groups (broad SMARTS) is 1. The molecule has 8 heteroatoms. The molecule has 0 radical (unpaired) electrons. The van der Waals surface area contributed by atoms with Gasteiger partial charge < -0.3 is 9.67 Å². The van der Waals surface area contributed by atoms with Gasteiger partial charge in [-0.15, -0.1) is 0 Å². The molecule has 0 aliphatic rings. The number of hydrogen-bond donors (Lipinski definition) is 1. The van der Waals surface area contributed by atoms with Gasteiger partial charge >= 0.3 is 5.97 Å². The van der Waals surface area contributed by atoms with Gasteiger partial charge in [0.15, 0.2) is 0 Å². The predicted octanol–water partition coefficient (Wildman–Crippen LogP) is 4.69. The second kappa shape index (κ2) is 8.02. The first-order chi connectivity index (χ1) is 15.1. The Balaban J connectivity index is 1.96. The van der Waals surface area contributed by atoms with Crippen LogP contribution in [-0.2, 0) is 16.8 Å². The van der Waals surface area contributed by atoms with Crippen molar-refractivity contribution in [1.82, 2.24) is 14.2 Å². The Bertz CT molecular complexity index is 1460. The van der Waals surface area contributed by atoms with Crippen molar-refractivity contribution in [3.05, 3.63) is 74.4 Å². The minimum atomic E-state index is -0.923. The molecule has 2 aromatic carbocycles. The van der Waals surface area contributed by atoms with E-state index >= 15 is 0 Å². The molecule has 32 heavy (non-hydrogen) atoms. The summed E-state index contributed by atoms with van der Waals surface area (Å²) >= 11 is 3.42. The normalized spacial score (nSPS) is 12.3. The standard InChI is InChI=1S/C24H23BrN4O3/c1-14-18(16-7-5-6-8-20(16)28(14)13-21(30)31)12-26-29-22(32)17-11-15(25)9-10-19(17)27-23(29)24(2,3)4/h5-12H,13H2,1-4H3,(H,30,31). The number of carbonyl (C=O) groups is 1. The first-order valence-corrected chi connectivity index (χ1v) is 10.9. The third-order valence-corrected chi connectivity index (χ3v) is 5.85. The molecule has 7 nitrogen and oxygen atoms in total. The topological polar surface area (TPSA) is 89.5 Å². The van der Waals surface area contributed by atoms with E-state index in [2.05, 4.69) is 21.0 Å². The fraction of sp³-hybridized carbons (Fsp3) is 0.250. The van der Waals surface area contributed by atoms with E-state index in [4.69, 9.17) is 4.98 Å². The maximum Gasteiger partial charge on any atom is 0.323 e. The Hall–Kier alpha value is -3.26. The van der Waals surface area contributed by atoms with Gasteiger partial charge in [0, 0.05) is 32.0 Å². The highest BCUT2D eigenvalue weighted by atomic mass is 79.9. The van der Waals surface area contributed by atoms with Crippen LogP contribution in [0.3, 0.4) is 0 Å². The number of aromatic nitrogens is 3. The Morgan fingerprint density at radius 2 is 1.91 bits per heavy atom. The molecule has 164 valence electrons. The summed E-state index contributed by atoms with van der Waals surface area (Å²) < 4.78 is 3.87. The van der Waals surface area contributed by atoms with Gasteiger partial charge in [-0.3, -0.25) is 9.59 Å². The number of hydrogen-bond acceptors (Lipinski definition) is 4. The highest BCUT2D eigenvalue weighted by molar-refractivity contribution is 9.10. The molecule has 0 unspecified atom stereocenters. The van der Waals surface area contributed by atoms with E-state index < -0.39 is 11.4 Å². The SMILES string of the molecule is Cc1c(C=Nn2c(C(C)(C)C)nc3ccc(Br)cc3c2=O)c2ccccc2n1CC(=O)O. The second-order valence-electron chi connectivity index (χ2n) is 8.70. The van der Waals surface area contributed by atoms with E-state index in [9.17, 15) is 14.7 Å². The predicted molar refractivity (Wildman–Crippen MR) is 130 cm³/mol. The Kier molecular flexibility index (Phi) is 5.50.